The van der Waals surface area contributed by atoms with E-state index in [0.717, 1.165) is 31.2 Å². The molecule has 0 bridgehead atoms. The van der Waals surface area contributed by atoms with Crippen LogP contribution in [0.3, 0.4) is 0 Å². The molecule has 0 heterocycles. The molecule has 0 unspecified atom stereocenters. The van der Waals surface area contributed by atoms with Crippen LogP contribution in [0.2, 0.25) is 0 Å². The fourth-order valence-electron chi connectivity index (χ4n) is 3.09. The van der Waals surface area contributed by atoms with Crippen molar-refractivity contribution in [1.29, 1.82) is 0 Å². The van der Waals surface area contributed by atoms with E-state index >= 15 is 0 Å². The number of hydrogen-bond donors (Lipinski definition) is 0. The van der Waals surface area contributed by atoms with Crippen molar-refractivity contribution in [2.45, 2.75) is 51.9 Å². The third-order valence-corrected chi connectivity index (χ3v) is 4.40. The lowest BCUT2D eigenvalue weighted by Gasteiger charge is -2.26. The summed E-state index contributed by atoms with van der Waals surface area (Å²) >= 11 is 0. The first-order valence-electron chi connectivity index (χ1n) is 8.07. The molecule has 0 radical (unpaired) electrons. The zero-order valence-corrected chi connectivity index (χ0v) is 12.9. The van der Waals surface area contributed by atoms with Gasteiger partial charge in [0.15, 0.2) is 0 Å². The average Bonchev–Trinajstić information content (AvgIpc) is 2.53. The molecule has 1 aromatic rings. The maximum atomic E-state index is 12.5. The van der Waals surface area contributed by atoms with Crippen molar-refractivity contribution in [1.82, 2.24) is 0 Å². The topological polar surface area (TPSA) is 37.4 Å². The molecule has 0 aromatic heterocycles. The molecule has 3 heteroatoms. The number of anilines is 1. The van der Waals surface area contributed by atoms with E-state index < -0.39 is 0 Å². The van der Waals surface area contributed by atoms with Gasteiger partial charge in [-0.05, 0) is 42.9 Å². The van der Waals surface area contributed by atoms with Crippen molar-refractivity contribution in [2.75, 3.05) is 11.4 Å². The average molecular weight is 287 g/mol. The zero-order chi connectivity index (χ0) is 15.1. The summed E-state index contributed by atoms with van der Waals surface area (Å²) in [4.78, 5) is 25.1. The molecule has 1 saturated carbocycles. The Balaban J connectivity index is 2.05. The van der Waals surface area contributed by atoms with E-state index in [9.17, 15) is 9.59 Å². The smallest absolute Gasteiger partial charge is 0.227 e. The minimum absolute atomic E-state index is 0.0817. The van der Waals surface area contributed by atoms with Crippen LogP contribution >= 0.6 is 0 Å². The summed E-state index contributed by atoms with van der Waals surface area (Å²) in [6.45, 7) is 2.25. The second-order valence-corrected chi connectivity index (χ2v) is 5.90. The minimum atomic E-state index is 0.0817. The minimum Gasteiger partial charge on any atom is -0.305 e. The third-order valence-electron chi connectivity index (χ3n) is 4.40. The van der Waals surface area contributed by atoms with Gasteiger partial charge in [-0.1, -0.05) is 38.3 Å². The number of benzene rings is 1. The normalized spacial score (nSPS) is 15.7. The van der Waals surface area contributed by atoms with Crippen LogP contribution < -0.4 is 4.90 Å². The quantitative estimate of drug-likeness (QED) is 0.747. The Morgan fingerprint density at radius 1 is 1.19 bits per heavy atom. The second kappa shape index (κ2) is 7.96. The highest BCUT2D eigenvalue weighted by Crippen LogP contribution is 2.27. The van der Waals surface area contributed by atoms with E-state index in [2.05, 4.69) is 6.92 Å². The number of carbonyl (C=O) groups excluding carboxylic acids is 2. The van der Waals surface area contributed by atoms with Crippen LogP contribution in [-0.2, 0) is 16.0 Å². The van der Waals surface area contributed by atoms with Crippen molar-refractivity contribution in [3.8, 4) is 0 Å². The molecule has 1 fully saturated rings. The summed E-state index contributed by atoms with van der Waals surface area (Å²) in [7, 11) is 0. The molecular weight excluding hydrogens is 262 g/mol. The summed E-state index contributed by atoms with van der Waals surface area (Å²) < 4.78 is 0. The van der Waals surface area contributed by atoms with Gasteiger partial charge in [0, 0.05) is 12.1 Å². The van der Waals surface area contributed by atoms with Crippen LogP contribution in [0.15, 0.2) is 24.3 Å². The van der Waals surface area contributed by atoms with E-state index in [0.29, 0.717) is 12.3 Å². The van der Waals surface area contributed by atoms with Gasteiger partial charge in [0.05, 0.1) is 6.54 Å². The number of carbonyl (C=O) groups is 2. The number of aryl methyl sites for hydroxylation is 1. The summed E-state index contributed by atoms with van der Waals surface area (Å²) in [5.41, 5.74) is 2.07. The molecule has 1 aromatic carbocycles. The largest absolute Gasteiger partial charge is 0.305 e. The van der Waals surface area contributed by atoms with E-state index in [4.69, 9.17) is 0 Å². The monoisotopic (exact) mass is 287 g/mol. The summed E-state index contributed by atoms with van der Waals surface area (Å²) in [6.07, 6.45) is 8.42. The molecule has 0 N–H and O–H groups in total. The highest BCUT2D eigenvalue weighted by molar-refractivity contribution is 5.95. The lowest BCUT2D eigenvalue weighted by atomic mass is 9.86. The summed E-state index contributed by atoms with van der Waals surface area (Å²) in [5, 5.41) is 0. The van der Waals surface area contributed by atoms with Crippen LogP contribution in [0.25, 0.3) is 0 Å². The molecule has 0 spiro atoms. The van der Waals surface area contributed by atoms with E-state index in [1.807, 2.05) is 24.3 Å². The highest BCUT2D eigenvalue weighted by atomic mass is 16.2. The molecule has 3 nitrogen and oxygen atoms in total. The van der Waals surface area contributed by atoms with Crippen LogP contribution in [0, 0.1) is 5.92 Å². The Hall–Kier alpha value is -1.64. The van der Waals surface area contributed by atoms with Gasteiger partial charge in [0.2, 0.25) is 5.91 Å². The molecular formula is C18H25NO2. The first-order chi connectivity index (χ1) is 10.2. The fourth-order valence-corrected chi connectivity index (χ4v) is 3.09. The van der Waals surface area contributed by atoms with Gasteiger partial charge in [-0.15, -0.1) is 0 Å². The highest BCUT2D eigenvalue weighted by Gasteiger charge is 2.21. The predicted octanol–water partition coefficient (Wildman–Crippen LogP) is 3.75. The Morgan fingerprint density at radius 3 is 2.43 bits per heavy atom. The molecule has 21 heavy (non-hydrogen) atoms. The van der Waals surface area contributed by atoms with Gasteiger partial charge in [0.1, 0.15) is 6.29 Å². The van der Waals surface area contributed by atoms with Crippen LogP contribution in [-0.4, -0.2) is 18.7 Å². The SMILES string of the molecule is CCc1ccc(N(CC=O)C(=O)CC2CCCCC2)cc1. The standard InChI is InChI=1S/C18H25NO2/c1-2-15-8-10-17(11-9-15)19(12-13-20)18(21)14-16-6-4-3-5-7-16/h8-11,13,16H,2-7,12,14H2,1H3. The van der Waals surface area contributed by atoms with Crippen molar-refractivity contribution in [2.24, 2.45) is 5.92 Å². The maximum Gasteiger partial charge on any atom is 0.227 e. The van der Waals surface area contributed by atoms with Gasteiger partial charge in [-0.25, -0.2) is 0 Å². The Bertz CT molecular complexity index is 461. The van der Waals surface area contributed by atoms with E-state index in [-0.39, 0.29) is 12.5 Å². The first kappa shape index (κ1) is 15.7. The van der Waals surface area contributed by atoms with Crippen LogP contribution in [0.1, 0.15) is 51.0 Å². The number of nitrogens with zero attached hydrogens (tertiary/aromatic N) is 1. The Kier molecular flexibility index (Phi) is 5.97. The van der Waals surface area contributed by atoms with Crippen molar-refractivity contribution >= 4 is 17.9 Å². The van der Waals surface area contributed by atoms with Gasteiger partial charge in [-0.2, -0.15) is 0 Å². The van der Waals surface area contributed by atoms with Gasteiger partial charge in [-0.3, -0.25) is 4.79 Å². The molecule has 0 saturated heterocycles. The molecule has 0 atom stereocenters. The Morgan fingerprint density at radius 2 is 1.86 bits per heavy atom. The predicted molar refractivity (Wildman–Crippen MR) is 85.4 cm³/mol. The molecule has 1 aliphatic carbocycles. The lowest BCUT2D eigenvalue weighted by Crippen LogP contribution is -2.34. The summed E-state index contributed by atoms with van der Waals surface area (Å²) in [6, 6.07) is 7.95. The second-order valence-electron chi connectivity index (χ2n) is 5.90. The number of rotatable bonds is 6. The van der Waals surface area contributed by atoms with Crippen LogP contribution in [0.4, 0.5) is 5.69 Å². The number of aldehydes is 1. The van der Waals surface area contributed by atoms with Crippen molar-refractivity contribution in [3.05, 3.63) is 29.8 Å². The van der Waals surface area contributed by atoms with E-state index in [1.54, 1.807) is 4.90 Å². The maximum absolute atomic E-state index is 12.5. The van der Waals surface area contributed by atoms with Crippen molar-refractivity contribution in [3.63, 3.8) is 0 Å². The van der Waals surface area contributed by atoms with Gasteiger partial charge in [0.25, 0.3) is 0 Å². The van der Waals surface area contributed by atoms with E-state index in [1.165, 1.54) is 24.8 Å². The molecule has 0 aliphatic heterocycles. The number of amides is 1. The first-order valence-corrected chi connectivity index (χ1v) is 8.07. The fraction of sp³-hybridized carbons (Fsp3) is 0.556. The molecule has 2 rings (SSSR count). The third kappa shape index (κ3) is 4.42. The van der Waals surface area contributed by atoms with Crippen molar-refractivity contribution < 1.29 is 9.59 Å². The zero-order valence-electron chi connectivity index (χ0n) is 12.9. The number of hydrogen-bond acceptors (Lipinski definition) is 2. The lowest BCUT2D eigenvalue weighted by molar-refractivity contribution is -0.120. The Labute approximate surface area is 127 Å². The van der Waals surface area contributed by atoms with Crippen LogP contribution in [0.5, 0.6) is 0 Å². The molecule has 114 valence electrons. The van der Waals surface area contributed by atoms with Gasteiger partial charge < -0.3 is 9.69 Å². The molecule has 1 amide bonds. The molecule has 1 aliphatic rings. The van der Waals surface area contributed by atoms with Gasteiger partial charge >= 0.3 is 0 Å². The summed E-state index contributed by atoms with van der Waals surface area (Å²) in [5.74, 6) is 0.577.